The lowest BCUT2D eigenvalue weighted by Gasteiger charge is -2.12. The van der Waals surface area contributed by atoms with Crippen molar-refractivity contribution in [2.75, 3.05) is 6.61 Å². The molecular formula is C15H20N4O2. The van der Waals surface area contributed by atoms with Gasteiger partial charge in [0.05, 0.1) is 6.42 Å². The maximum absolute atomic E-state index is 12.0. The molecular weight excluding hydrogens is 268 g/mol. The van der Waals surface area contributed by atoms with Crippen LogP contribution in [0.25, 0.3) is 11.5 Å². The van der Waals surface area contributed by atoms with Crippen LogP contribution in [0.5, 0.6) is 0 Å². The van der Waals surface area contributed by atoms with Crippen LogP contribution in [0.3, 0.4) is 0 Å². The van der Waals surface area contributed by atoms with Gasteiger partial charge in [-0.1, -0.05) is 19.9 Å². The minimum absolute atomic E-state index is 0.0145. The molecule has 0 amide bonds. The normalized spacial score (nSPS) is 12.6. The molecule has 2 heterocycles. The second-order valence-electron chi connectivity index (χ2n) is 5.33. The van der Waals surface area contributed by atoms with Gasteiger partial charge in [0.1, 0.15) is 17.6 Å². The standard InChI is InChI=1S/C15H20N4O2/c1-10(2)9-21-11(3)13(20)8-14-17-15(19-18-14)12-6-4-5-7-16-12/h4-7,10-11H,8-9H2,1-3H3,(H,17,18,19). The van der Waals surface area contributed by atoms with E-state index in [1.807, 2.05) is 32.0 Å². The summed E-state index contributed by atoms with van der Waals surface area (Å²) in [4.78, 5) is 20.5. The molecule has 0 spiro atoms. The fraction of sp³-hybridized carbons (Fsp3) is 0.467. The number of hydrogen-bond acceptors (Lipinski definition) is 5. The number of hydrogen-bond donors (Lipinski definition) is 1. The second-order valence-corrected chi connectivity index (χ2v) is 5.33. The van der Waals surface area contributed by atoms with E-state index in [2.05, 4.69) is 20.2 Å². The number of H-pyrrole nitrogens is 1. The molecule has 112 valence electrons. The van der Waals surface area contributed by atoms with E-state index in [1.165, 1.54) is 0 Å². The Balaban J connectivity index is 1.95. The molecule has 0 fully saturated rings. The second kappa shape index (κ2) is 7.08. The maximum atomic E-state index is 12.0. The first kappa shape index (κ1) is 15.3. The highest BCUT2D eigenvalue weighted by Gasteiger charge is 2.17. The lowest BCUT2D eigenvalue weighted by molar-refractivity contribution is -0.129. The van der Waals surface area contributed by atoms with Crippen molar-refractivity contribution in [2.45, 2.75) is 33.3 Å². The van der Waals surface area contributed by atoms with Gasteiger partial charge in [-0.3, -0.25) is 14.9 Å². The van der Waals surface area contributed by atoms with Gasteiger partial charge >= 0.3 is 0 Å². The number of Topliss-reactive ketones (excluding diaryl/α,β-unsaturated/α-hetero) is 1. The first-order valence-electron chi connectivity index (χ1n) is 7.03. The maximum Gasteiger partial charge on any atom is 0.199 e. The number of aromatic amines is 1. The highest BCUT2D eigenvalue weighted by Crippen LogP contribution is 2.11. The Labute approximate surface area is 124 Å². The van der Waals surface area contributed by atoms with E-state index in [4.69, 9.17) is 4.74 Å². The van der Waals surface area contributed by atoms with Crippen LogP contribution in [0.4, 0.5) is 0 Å². The van der Waals surface area contributed by atoms with E-state index in [-0.39, 0.29) is 12.2 Å². The monoisotopic (exact) mass is 288 g/mol. The van der Waals surface area contributed by atoms with Crippen molar-refractivity contribution >= 4 is 5.78 Å². The Morgan fingerprint density at radius 2 is 2.14 bits per heavy atom. The summed E-state index contributed by atoms with van der Waals surface area (Å²) >= 11 is 0. The molecule has 1 unspecified atom stereocenters. The number of aromatic nitrogens is 4. The first-order valence-corrected chi connectivity index (χ1v) is 7.03. The molecule has 1 N–H and O–H groups in total. The van der Waals surface area contributed by atoms with E-state index in [0.717, 1.165) is 0 Å². The van der Waals surface area contributed by atoms with Crippen molar-refractivity contribution < 1.29 is 9.53 Å². The third-order valence-electron chi connectivity index (χ3n) is 2.90. The van der Waals surface area contributed by atoms with Gasteiger partial charge in [0, 0.05) is 12.8 Å². The number of ether oxygens (including phenoxy) is 1. The number of carbonyl (C=O) groups excluding carboxylic acids is 1. The third kappa shape index (κ3) is 4.46. The van der Waals surface area contributed by atoms with Crippen LogP contribution in [0.15, 0.2) is 24.4 Å². The fourth-order valence-corrected chi connectivity index (χ4v) is 1.72. The molecule has 2 rings (SSSR count). The smallest absolute Gasteiger partial charge is 0.199 e. The van der Waals surface area contributed by atoms with Gasteiger partial charge in [0.2, 0.25) is 0 Å². The summed E-state index contributed by atoms with van der Waals surface area (Å²) in [5.74, 6) is 1.41. The molecule has 6 nitrogen and oxygen atoms in total. The van der Waals surface area contributed by atoms with Crippen LogP contribution in [0.2, 0.25) is 0 Å². The van der Waals surface area contributed by atoms with Crippen molar-refractivity contribution in [1.29, 1.82) is 0 Å². The summed E-state index contributed by atoms with van der Waals surface area (Å²) in [6.45, 7) is 6.43. The van der Waals surface area contributed by atoms with Gasteiger partial charge in [-0.15, -0.1) is 0 Å². The van der Waals surface area contributed by atoms with Gasteiger partial charge in [0.25, 0.3) is 0 Å². The van der Waals surface area contributed by atoms with Gasteiger partial charge in [-0.2, -0.15) is 5.10 Å². The molecule has 2 aromatic heterocycles. The SMILES string of the molecule is CC(C)COC(C)C(=O)Cc1nc(-c2ccccn2)n[nH]1. The largest absolute Gasteiger partial charge is 0.370 e. The number of nitrogens with one attached hydrogen (secondary N) is 1. The summed E-state index contributed by atoms with van der Waals surface area (Å²) in [7, 11) is 0. The van der Waals surface area contributed by atoms with Crippen molar-refractivity contribution in [1.82, 2.24) is 20.2 Å². The molecule has 0 saturated carbocycles. The average Bonchev–Trinajstić information content (AvgIpc) is 2.94. The molecule has 0 radical (unpaired) electrons. The Hall–Kier alpha value is -2.08. The molecule has 1 atom stereocenters. The number of carbonyl (C=O) groups is 1. The minimum Gasteiger partial charge on any atom is -0.370 e. The van der Waals surface area contributed by atoms with Gasteiger partial charge in [-0.05, 0) is 25.0 Å². The Bertz CT molecular complexity index is 580. The Kier molecular flexibility index (Phi) is 5.16. The molecule has 0 bridgehead atoms. The molecule has 2 aromatic rings. The predicted molar refractivity (Wildman–Crippen MR) is 78.6 cm³/mol. The van der Waals surface area contributed by atoms with Gasteiger partial charge in [0.15, 0.2) is 11.6 Å². The van der Waals surface area contributed by atoms with E-state index in [9.17, 15) is 4.79 Å². The van der Waals surface area contributed by atoms with E-state index >= 15 is 0 Å². The minimum atomic E-state index is -0.434. The average molecular weight is 288 g/mol. The van der Waals surface area contributed by atoms with Crippen LogP contribution < -0.4 is 0 Å². The number of ketones is 1. The van der Waals surface area contributed by atoms with E-state index < -0.39 is 6.10 Å². The molecule has 0 aromatic carbocycles. The van der Waals surface area contributed by atoms with Crippen molar-refractivity contribution in [3.63, 3.8) is 0 Å². The topological polar surface area (TPSA) is 80.8 Å². The van der Waals surface area contributed by atoms with Crippen LogP contribution in [0, 0.1) is 5.92 Å². The third-order valence-corrected chi connectivity index (χ3v) is 2.90. The summed E-state index contributed by atoms with van der Waals surface area (Å²) in [6.07, 6.45) is 1.42. The predicted octanol–water partition coefficient (Wildman–Crippen LogP) is 2.04. The lowest BCUT2D eigenvalue weighted by Crippen LogP contribution is -2.24. The first-order chi connectivity index (χ1) is 10.1. The summed E-state index contributed by atoms with van der Waals surface area (Å²) < 4.78 is 5.50. The van der Waals surface area contributed by atoms with Crippen LogP contribution in [-0.2, 0) is 16.0 Å². The van der Waals surface area contributed by atoms with Crippen LogP contribution in [-0.4, -0.2) is 38.7 Å². The molecule has 0 saturated heterocycles. The fourth-order valence-electron chi connectivity index (χ4n) is 1.72. The summed E-state index contributed by atoms with van der Waals surface area (Å²) in [6, 6.07) is 5.52. The quantitative estimate of drug-likeness (QED) is 0.843. The van der Waals surface area contributed by atoms with Crippen molar-refractivity contribution in [3.05, 3.63) is 30.2 Å². The molecule has 0 aliphatic carbocycles. The number of pyridine rings is 1. The summed E-state index contributed by atoms with van der Waals surface area (Å²) in [5.41, 5.74) is 0.677. The lowest BCUT2D eigenvalue weighted by atomic mass is 10.2. The highest BCUT2D eigenvalue weighted by atomic mass is 16.5. The molecule has 0 aliphatic rings. The van der Waals surface area contributed by atoms with Crippen molar-refractivity contribution in [3.8, 4) is 11.5 Å². The molecule has 0 aliphatic heterocycles. The van der Waals surface area contributed by atoms with E-state index in [1.54, 1.807) is 13.1 Å². The Morgan fingerprint density at radius 3 is 2.81 bits per heavy atom. The van der Waals surface area contributed by atoms with Gasteiger partial charge in [-0.25, -0.2) is 4.98 Å². The zero-order chi connectivity index (χ0) is 15.2. The number of nitrogens with zero attached hydrogens (tertiary/aromatic N) is 3. The molecule has 6 heteroatoms. The van der Waals surface area contributed by atoms with Crippen molar-refractivity contribution in [2.24, 2.45) is 5.92 Å². The van der Waals surface area contributed by atoms with Crippen LogP contribution >= 0.6 is 0 Å². The zero-order valence-corrected chi connectivity index (χ0v) is 12.5. The summed E-state index contributed by atoms with van der Waals surface area (Å²) in [5, 5.41) is 6.86. The zero-order valence-electron chi connectivity index (χ0n) is 12.5. The number of rotatable bonds is 7. The van der Waals surface area contributed by atoms with Gasteiger partial charge < -0.3 is 4.74 Å². The van der Waals surface area contributed by atoms with Crippen LogP contribution in [0.1, 0.15) is 26.6 Å². The Morgan fingerprint density at radius 1 is 1.33 bits per heavy atom. The van der Waals surface area contributed by atoms with E-state index in [0.29, 0.717) is 29.9 Å². The highest BCUT2D eigenvalue weighted by molar-refractivity contribution is 5.84. The molecule has 21 heavy (non-hydrogen) atoms.